The number of esters is 3. The molecule has 2 aromatic carbocycles. The van der Waals surface area contributed by atoms with Gasteiger partial charge in [0.1, 0.15) is 17.8 Å². The maximum absolute atomic E-state index is 13.4. The first kappa shape index (κ1) is 25.7. The van der Waals surface area contributed by atoms with Crippen molar-refractivity contribution in [3.05, 3.63) is 80.8 Å². The summed E-state index contributed by atoms with van der Waals surface area (Å²) in [6, 6.07) is 11.8. The molecule has 9 nitrogen and oxygen atoms in total. The van der Waals surface area contributed by atoms with E-state index in [0.29, 0.717) is 27.6 Å². The van der Waals surface area contributed by atoms with Gasteiger partial charge in [-0.25, -0.2) is 9.59 Å². The Morgan fingerprint density at radius 1 is 0.892 bits per heavy atom. The summed E-state index contributed by atoms with van der Waals surface area (Å²) < 4.78 is 22.1. The number of para-hydroxylation sites is 2. The van der Waals surface area contributed by atoms with Gasteiger partial charge < -0.3 is 23.9 Å². The summed E-state index contributed by atoms with van der Waals surface area (Å²) in [5.74, 6) is -2.94. The maximum Gasteiger partial charge on any atom is 0.336 e. The number of nitrogens with one attached hydrogen (secondary N) is 1. The summed E-state index contributed by atoms with van der Waals surface area (Å²) >= 11 is 0. The highest BCUT2D eigenvalue weighted by atomic mass is 16.5. The molecule has 3 aromatic rings. The van der Waals surface area contributed by atoms with Gasteiger partial charge >= 0.3 is 17.9 Å². The van der Waals surface area contributed by atoms with Crippen molar-refractivity contribution in [1.29, 1.82) is 0 Å². The van der Waals surface area contributed by atoms with Gasteiger partial charge in [0.2, 0.25) is 5.43 Å². The molecule has 192 valence electrons. The second-order valence-electron chi connectivity index (χ2n) is 8.36. The summed E-state index contributed by atoms with van der Waals surface area (Å²) in [5.41, 5.74) is 1.60. The fourth-order valence-electron chi connectivity index (χ4n) is 4.50. The summed E-state index contributed by atoms with van der Waals surface area (Å²) in [6.45, 7) is 6.17. The molecule has 0 amide bonds. The number of allylic oxidation sites excluding steroid dienone is 1. The molecule has 1 unspecified atom stereocenters. The lowest BCUT2D eigenvalue weighted by molar-refractivity contribution is -0.142. The Morgan fingerprint density at radius 3 is 2.22 bits per heavy atom. The summed E-state index contributed by atoms with van der Waals surface area (Å²) in [5, 5.41) is 3.73. The van der Waals surface area contributed by atoms with Crippen molar-refractivity contribution in [2.45, 2.75) is 33.6 Å². The third-order valence-electron chi connectivity index (χ3n) is 6.00. The molecule has 0 saturated carbocycles. The second kappa shape index (κ2) is 10.7. The molecule has 1 aromatic heterocycles. The molecular formula is C28H27NO8. The van der Waals surface area contributed by atoms with Crippen LogP contribution in [0.15, 0.2) is 74.2 Å². The monoisotopic (exact) mass is 505 g/mol. The Kier molecular flexibility index (Phi) is 7.42. The minimum Gasteiger partial charge on any atom is -0.463 e. The average molecular weight is 506 g/mol. The van der Waals surface area contributed by atoms with Crippen LogP contribution < -0.4 is 10.7 Å². The first-order valence-corrected chi connectivity index (χ1v) is 11.9. The summed E-state index contributed by atoms with van der Waals surface area (Å²) in [4.78, 5) is 51.5. The second-order valence-corrected chi connectivity index (χ2v) is 8.36. The van der Waals surface area contributed by atoms with E-state index in [1.165, 1.54) is 6.92 Å². The van der Waals surface area contributed by atoms with E-state index in [9.17, 15) is 19.2 Å². The van der Waals surface area contributed by atoms with Crippen molar-refractivity contribution in [2.75, 3.05) is 19.8 Å². The van der Waals surface area contributed by atoms with Gasteiger partial charge in [-0.3, -0.25) is 9.59 Å². The molecule has 9 heteroatoms. The topological polar surface area (TPSA) is 121 Å². The molecule has 37 heavy (non-hydrogen) atoms. The summed E-state index contributed by atoms with van der Waals surface area (Å²) in [7, 11) is 0. The number of ether oxygens (including phenoxy) is 3. The molecule has 1 N–H and O–H groups in total. The predicted octanol–water partition coefficient (Wildman–Crippen LogP) is 3.85. The fourth-order valence-corrected chi connectivity index (χ4v) is 4.50. The van der Waals surface area contributed by atoms with Crippen LogP contribution in [0, 0.1) is 0 Å². The number of fused-ring (bicyclic) bond motifs is 2. The van der Waals surface area contributed by atoms with Crippen LogP contribution in [0.3, 0.4) is 0 Å². The van der Waals surface area contributed by atoms with E-state index >= 15 is 0 Å². The normalized spacial score (nSPS) is 15.5. The quantitative estimate of drug-likeness (QED) is 0.290. The van der Waals surface area contributed by atoms with Crippen molar-refractivity contribution < 1.29 is 33.0 Å². The molecule has 1 aliphatic rings. The van der Waals surface area contributed by atoms with Crippen molar-refractivity contribution in [2.24, 2.45) is 0 Å². The largest absolute Gasteiger partial charge is 0.463 e. The van der Waals surface area contributed by atoms with E-state index < -0.39 is 23.8 Å². The minimum atomic E-state index is -1.03. The van der Waals surface area contributed by atoms with Gasteiger partial charge in [-0.15, -0.1) is 0 Å². The van der Waals surface area contributed by atoms with Crippen LogP contribution in [0.25, 0.3) is 21.9 Å². The van der Waals surface area contributed by atoms with Gasteiger partial charge in [0.15, 0.2) is 0 Å². The minimum absolute atomic E-state index is 0.0556. The predicted molar refractivity (Wildman–Crippen MR) is 135 cm³/mol. The fraction of sp³-hybridized carbons (Fsp3) is 0.286. The van der Waals surface area contributed by atoms with Gasteiger partial charge in [-0.2, -0.15) is 0 Å². The number of carbonyl (C=O) groups excluding carboxylic acids is 3. The van der Waals surface area contributed by atoms with Gasteiger partial charge in [-0.1, -0.05) is 24.3 Å². The SMILES string of the molecule is CCOC(=O)C1=C(C)NC(COC(C)=O)=C(C(=O)OCC)C1c1cccc2c(=O)c3ccccc3oc12. The zero-order valence-corrected chi connectivity index (χ0v) is 21.0. The molecule has 1 aliphatic heterocycles. The van der Waals surface area contributed by atoms with E-state index in [2.05, 4.69) is 5.32 Å². The molecule has 0 radical (unpaired) electrons. The molecule has 0 spiro atoms. The van der Waals surface area contributed by atoms with Gasteiger partial charge in [0.05, 0.1) is 46.7 Å². The van der Waals surface area contributed by atoms with E-state index in [-0.39, 0.29) is 47.7 Å². The molecule has 2 heterocycles. The average Bonchev–Trinajstić information content (AvgIpc) is 2.87. The zero-order valence-electron chi connectivity index (χ0n) is 21.0. The van der Waals surface area contributed by atoms with E-state index in [4.69, 9.17) is 18.6 Å². The Morgan fingerprint density at radius 2 is 1.54 bits per heavy atom. The first-order chi connectivity index (χ1) is 17.8. The molecule has 0 saturated heterocycles. The van der Waals surface area contributed by atoms with Crippen LogP contribution >= 0.6 is 0 Å². The van der Waals surface area contributed by atoms with Crippen molar-refractivity contribution in [3.8, 4) is 0 Å². The highest BCUT2D eigenvalue weighted by molar-refractivity contribution is 6.02. The lowest BCUT2D eigenvalue weighted by atomic mass is 9.79. The molecular weight excluding hydrogens is 478 g/mol. The van der Waals surface area contributed by atoms with Crippen LogP contribution in [-0.4, -0.2) is 37.7 Å². The molecule has 0 bridgehead atoms. The number of dihydropyridines is 1. The van der Waals surface area contributed by atoms with E-state index in [0.717, 1.165) is 0 Å². The smallest absolute Gasteiger partial charge is 0.336 e. The van der Waals surface area contributed by atoms with Gasteiger partial charge in [0, 0.05) is 18.2 Å². The van der Waals surface area contributed by atoms with Gasteiger partial charge in [0.25, 0.3) is 0 Å². The van der Waals surface area contributed by atoms with Crippen LogP contribution in [0.5, 0.6) is 0 Å². The Balaban J connectivity index is 2.07. The third-order valence-corrected chi connectivity index (χ3v) is 6.00. The van der Waals surface area contributed by atoms with Crippen molar-refractivity contribution in [1.82, 2.24) is 5.32 Å². The number of carbonyl (C=O) groups is 3. The lowest BCUT2D eigenvalue weighted by Crippen LogP contribution is -2.35. The molecule has 0 fully saturated rings. The number of rotatable bonds is 7. The number of hydrogen-bond acceptors (Lipinski definition) is 9. The van der Waals surface area contributed by atoms with Gasteiger partial charge in [-0.05, 0) is 39.0 Å². The third kappa shape index (κ3) is 4.84. The molecule has 0 aliphatic carbocycles. The van der Waals surface area contributed by atoms with E-state index in [1.807, 2.05) is 0 Å². The van der Waals surface area contributed by atoms with Crippen molar-refractivity contribution >= 4 is 39.8 Å². The lowest BCUT2D eigenvalue weighted by Gasteiger charge is -2.31. The van der Waals surface area contributed by atoms with Crippen LogP contribution in [0.4, 0.5) is 0 Å². The highest BCUT2D eigenvalue weighted by Crippen LogP contribution is 2.42. The number of benzene rings is 2. The molecule has 4 rings (SSSR count). The zero-order chi connectivity index (χ0) is 26.7. The van der Waals surface area contributed by atoms with Crippen LogP contribution in [0.2, 0.25) is 0 Å². The maximum atomic E-state index is 13.4. The Bertz CT molecular complexity index is 1530. The van der Waals surface area contributed by atoms with Crippen LogP contribution in [0.1, 0.15) is 39.2 Å². The number of hydrogen-bond donors (Lipinski definition) is 1. The molecule has 1 atom stereocenters. The highest BCUT2D eigenvalue weighted by Gasteiger charge is 2.40. The summed E-state index contributed by atoms with van der Waals surface area (Å²) in [6.07, 6.45) is 0. The Hall–Kier alpha value is -4.40. The van der Waals surface area contributed by atoms with Crippen LogP contribution in [-0.2, 0) is 28.6 Å². The Labute approximate surface area is 212 Å². The standard InChI is InChI=1S/C28H27NO8/c1-5-34-27(32)22-15(3)29-20(14-36-16(4)30)24(28(33)35-6-2)23(22)18-11-9-12-19-25(31)17-10-7-8-13-21(17)37-26(18)19/h7-13,23,29H,5-6,14H2,1-4H3. The first-order valence-electron chi connectivity index (χ1n) is 11.9. The van der Waals surface area contributed by atoms with Crippen molar-refractivity contribution in [3.63, 3.8) is 0 Å². The van der Waals surface area contributed by atoms with E-state index in [1.54, 1.807) is 63.2 Å².